The van der Waals surface area contributed by atoms with Crippen molar-refractivity contribution in [1.29, 1.82) is 0 Å². The Kier molecular flexibility index (Phi) is 19.0. The van der Waals surface area contributed by atoms with Gasteiger partial charge in [0.2, 0.25) is 0 Å². The molecule has 294 valence electrons. The maximum atomic E-state index is 12.9. The molecule has 1 unspecified atom stereocenters. The van der Waals surface area contributed by atoms with Gasteiger partial charge in [-0.2, -0.15) is 0 Å². The molecule has 4 aromatic carbocycles. The van der Waals surface area contributed by atoms with Gasteiger partial charge in [0, 0.05) is 0 Å². The number of carbonyl (C=O) groups is 3. The van der Waals surface area contributed by atoms with E-state index in [0.29, 0.717) is 29.2 Å². The number of unbranched alkanes of at least 4 members (excludes halogenated alkanes) is 12. The molecule has 0 aliphatic rings. The number of benzene rings is 4. The molecule has 0 N–H and O–H groups in total. The monoisotopic (exact) mass is 812 g/mol. The van der Waals surface area contributed by atoms with E-state index >= 15 is 0 Å². The zero-order valence-electron chi connectivity index (χ0n) is 32.8. The van der Waals surface area contributed by atoms with Crippen LogP contribution in [0.25, 0.3) is 11.1 Å². The number of esters is 3. The van der Waals surface area contributed by atoms with Crippen LogP contribution in [-0.2, 0) is 4.74 Å². The first kappa shape index (κ1) is 43.3. The van der Waals surface area contributed by atoms with E-state index in [2.05, 4.69) is 29.8 Å². The molecule has 4 rings (SSSR count). The second-order valence-corrected chi connectivity index (χ2v) is 15.0. The van der Waals surface area contributed by atoms with Crippen LogP contribution in [0.2, 0.25) is 0 Å². The van der Waals surface area contributed by atoms with Crippen LogP contribution >= 0.6 is 15.9 Å². The SMILES string of the molecule is CCCCCCCCCCCCOc1ccc(-c2ccc(C(=O)Oc3ccc(C(=O)Oc4ccc(C(=O)OC(C)CCCCCC)cc4)cc3)cc2)cc1Br. The van der Waals surface area contributed by atoms with Crippen molar-refractivity contribution in [2.24, 2.45) is 0 Å². The number of hydrogen-bond acceptors (Lipinski definition) is 7. The molecular weight excluding hydrogens is 756 g/mol. The van der Waals surface area contributed by atoms with Gasteiger partial charge in [0.15, 0.2) is 0 Å². The summed E-state index contributed by atoms with van der Waals surface area (Å²) in [5.74, 6) is -0.0756. The van der Waals surface area contributed by atoms with Crippen LogP contribution in [0.1, 0.15) is 148 Å². The minimum Gasteiger partial charge on any atom is -0.492 e. The highest BCUT2D eigenvalue weighted by molar-refractivity contribution is 9.10. The van der Waals surface area contributed by atoms with Gasteiger partial charge < -0.3 is 18.9 Å². The summed E-state index contributed by atoms with van der Waals surface area (Å²) in [5.41, 5.74) is 3.03. The summed E-state index contributed by atoms with van der Waals surface area (Å²) < 4.78 is 23.5. The van der Waals surface area contributed by atoms with Gasteiger partial charge in [0.1, 0.15) is 17.2 Å². The zero-order valence-corrected chi connectivity index (χ0v) is 34.4. The maximum Gasteiger partial charge on any atom is 0.343 e. The van der Waals surface area contributed by atoms with E-state index < -0.39 is 17.9 Å². The molecule has 0 saturated carbocycles. The molecule has 0 spiro atoms. The fourth-order valence-corrected chi connectivity index (χ4v) is 6.68. The Balaban J connectivity index is 1.18. The van der Waals surface area contributed by atoms with Crippen LogP contribution in [0.5, 0.6) is 17.2 Å². The molecule has 0 heterocycles. The van der Waals surface area contributed by atoms with Gasteiger partial charge >= 0.3 is 17.9 Å². The number of carbonyl (C=O) groups excluding carboxylic acids is 3. The van der Waals surface area contributed by atoms with Crippen molar-refractivity contribution in [1.82, 2.24) is 0 Å². The highest BCUT2D eigenvalue weighted by Crippen LogP contribution is 2.31. The molecule has 0 saturated heterocycles. The van der Waals surface area contributed by atoms with Crippen molar-refractivity contribution in [3.05, 3.63) is 112 Å². The van der Waals surface area contributed by atoms with Crippen molar-refractivity contribution in [3.63, 3.8) is 0 Å². The molecule has 0 amide bonds. The lowest BCUT2D eigenvalue weighted by atomic mass is 10.0. The van der Waals surface area contributed by atoms with Crippen molar-refractivity contribution in [2.75, 3.05) is 6.61 Å². The number of ether oxygens (including phenoxy) is 4. The Morgan fingerprint density at radius 3 is 1.47 bits per heavy atom. The molecular formula is C47H57BrO7. The Hall–Kier alpha value is -4.43. The quantitative estimate of drug-likeness (QED) is 0.0395. The normalized spacial score (nSPS) is 11.5. The standard InChI is InChI=1S/C47H57BrO7/c1-4-6-8-10-11-12-13-14-15-17-33-52-44-32-27-40(34-43(44)48)36-19-21-37(22-20-36)46(50)54-42-30-25-39(26-31-42)47(51)55-41-28-23-38(24-29-41)45(49)53-35(3)18-16-9-7-5-2/h19-32,34-35H,4-18,33H2,1-3H3. The summed E-state index contributed by atoms with van der Waals surface area (Å²) in [5, 5.41) is 0. The number of halogens is 1. The third-order valence-corrected chi connectivity index (χ3v) is 10.1. The van der Waals surface area contributed by atoms with Gasteiger partial charge in [-0.1, -0.05) is 109 Å². The Morgan fingerprint density at radius 1 is 0.527 bits per heavy atom. The van der Waals surface area contributed by atoms with Crippen LogP contribution in [0.4, 0.5) is 0 Å². The fraction of sp³-hybridized carbons (Fsp3) is 0.426. The third kappa shape index (κ3) is 15.3. The molecule has 7 nitrogen and oxygen atoms in total. The fourth-order valence-electron chi connectivity index (χ4n) is 6.19. The maximum absolute atomic E-state index is 12.9. The highest BCUT2D eigenvalue weighted by atomic mass is 79.9. The first-order valence-corrected chi connectivity index (χ1v) is 20.9. The van der Waals surface area contributed by atoms with Crippen molar-refractivity contribution in [3.8, 4) is 28.4 Å². The Bertz CT molecular complexity index is 1750. The number of rotatable bonds is 24. The van der Waals surface area contributed by atoms with E-state index in [0.717, 1.165) is 53.5 Å². The van der Waals surface area contributed by atoms with E-state index in [1.54, 1.807) is 48.5 Å². The average molecular weight is 814 g/mol. The largest absolute Gasteiger partial charge is 0.492 e. The second kappa shape index (κ2) is 24.2. The predicted molar refractivity (Wildman–Crippen MR) is 223 cm³/mol. The van der Waals surface area contributed by atoms with E-state index in [1.165, 1.54) is 76.3 Å². The Morgan fingerprint density at radius 2 is 0.964 bits per heavy atom. The molecule has 0 aromatic heterocycles. The minimum absolute atomic E-state index is 0.161. The highest BCUT2D eigenvalue weighted by Gasteiger charge is 2.15. The van der Waals surface area contributed by atoms with Crippen LogP contribution < -0.4 is 14.2 Å². The molecule has 4 aromatic rings. The minimum atomic E-state index is -0.579. The lowest BCUT2D eigenvalue weighted by Gasteiger charge is -2.13. The summed E-state index contributed by atoms with van der Waals surface area (Å²) in [6, 6.07) is 25.7. The first-order chi connectivity index (χ1) is 26.8. The van der Waals surface area contributed by atoms with Crippen LogP contribution in [0.3, 0.4) is 0 Å². The lowest BCUT2D eigenvalue weighted by Crippen LogP contribution is -2.15. The molecule has 0 fully saturated rings. The lowest BCUT2D eigenvalue weighted by molar-refractivity contribution is 0.0319. The zero-order chi connectivity index (χ0) is 39.3. The van der Waals surface area contributed by atoms with Crippen LogP contribution in [0.15, 0.2) is 95.5 Å². The van der Waals surface area contributed by atoms with Gasteiger partial charge in [-0.25, -0.2) is 14.4 Å². The molecule has 0 aliphatic heterocycles. The van der Waals surface area contributed by atoms with Gasteiger partial charge in [-0.3, -0.25) is 0 Å². The summed E-state index contributed by atoms with van der Waals surface area (Å²) in [4.78, 5) is 38.2. The summed E-state index contributed by atoms with van der Waals surface area (Å²) in [6.07, 6.45) is 18.1. The summed E-state index contributed by atoms with van der Waals surface area (Å²) in [6.45, 7) is 7.02. The second-order valence-electron chi connectivity index (χ2n) is 14.1. The summed E-state index contributed by atoms with van der Waals surface area (Å²) >= 11 is 3.66. The summed E-state index contributed by atoms with van der Waals surface area (Å²) in [7, 11) is 0. The average Bonchev–Trinajstić information content (AvgIpc) is 3.19. The van der Waals surface area contributed by atoms with Crippen LogP contribution in [-0.4, -0.2) is 30.6 Å². The van der Waals surface area contributed by atoms with Gasteiger partial charge in [-0.15, -0.1) is 0 Å². The van der Waals surface area contributed by atoms with Crippen molar-refractivity contribution in [2.45, 2.75) is 123 Å². The molecule has 0 radical (unpaired) electrons. The van der Waals surface area contributed by atoms with Crippen LogP contribution in [0, 0.1) is 0 Å². The smallest absolute Gasteiger partial charge is 0.343 e. The number of hydrogen-bond donors (Lipinski definition) is 0. The van der Waals surface area contributed by atoms with E-state index in [4.69, 9.17) is 18.9 Å². The van der Waals surface area contributed by atoms with Gasteiger partial charge in [0.05, 0.1) is 33.9 Å². The van der Waals surface area contributed by atoms with E-state index in [-0.39, 0.29) is 11.7 Å². The third-order valence-electron chi connectivity index (χ3n) is 9.51. The van der Waals surface area contributed by atoms with Gasteiger partial charge in [0.25, 0.3) is 0 Å². The van der Waals surface area contributed by atoms with Crippen molar-refractivity contribution >= 4 is 33.8 Å². The Labute approximate surface area is 336 Å². The van der Waals surface area contributed by atoms with E-state index in [1.807, 2.05) is 37.3 Å². The molecule has 55 heavy (non-hydrogen) atoms. The van der Waals surface area contributed by atoms with E-state index in [9.17, 15) is 14.4 Å². The first-order valence-electron chi connectivity index (χ1n) is 20.2. The van der Waals surface area contributed by atoms with Crippen molar-refractivity contribution < 1.29 is 33.3 Å². The topological polar surface area (TPSA) is 88.1 Å². The molecule has 1 atom stereocenters. The van der Waals surface area contributed by atoms with Gasteiger partial charge in [-0.05, 0) is 126 Å². The molecule has 0 bridgehead atoms. The molecule has 8 heteroatoms. The molecule has 0 aliphatic carbocycles. The predicted octanol–water partition coefficient (Wildman–Crippen LogP) is 13.4.